The van der Waals surface area contributed by atoms with Gasteiger partial charge in [-0.1, -0.05) is 24.3 Å². The molecule has 1 aromatic carbocycles. The number of carbonyl (C=O) groups is 1. The van der Waals surface area contributed by atoms with Crippen LogP contribution in [0.2, 0.25) is 0 Å². The Morgan fingerprint density at radius 3 is 2.90 bits per heavy atom. The van der Waals surface area contributed by atoms with Crippen molar-refractivity contribution < 1.29 is 4.79 Å². The third kappa shape index (κ3) is 2.56. The molecule has 0 fully saturated rings. The van der Waals surface area contributed by atoms with Gasteiger partial charge in [0.15, 0.2) is 0 Å². The highest BCUT2D eigenvalue weighted by Gasteiger charge is 2.30. The predicted molar refractivity (Wildman–Crippen MR) is 80.6 cm³/mol. The highest BCUT2D eigenvalue weighted by molar-refractivity contribution is 7.99. The molecule has 0 N–H and O–H groups in total. The number of likely N-dealkylation sites (N-methyl/N-ethyl adjacent to an activating group) is 1. The largest absolute Gasteiger partial charge is 0.339 e. The molecule has 0 radical (unpaired) electrons. The fourth-order valence-corrected chi connectivity index (χ4v) is 3.67. The average molecular weight is 284 g/mol. The first-order valence-corrected chi connectivity index (χ1v) is 7.61. The number of hydrogen-bond donors (Lipinski definition) is 0. The minimum absolute atomic E-state index is 0.0232. The van der Waals surface area contributed by atoms with Gasteiger partial charge in [0.2, 0.25) is 5.91 Å². The molecule has 0 bridgehead atoms. The van der Waals surface area contributed by atoms with Crippen LogP contribution in [0.3, 0.4) is 0 Å². The van der Waals surface area contributed by atoms with E-state index in [0.717, 1.165) is 17.0 Å². The summed E-state index contributed by atoms with van der Waals surface area (Å²) in [5.74, 6) is 0.989. The van der Waals surface area contributed by atoms with Gasteiger partial charge in [-0.05, 0) is 23.8 Å². The Hall–Kier alpha value is -1.81. The molecule has 2 aromatic rings. The van der Waals surface area contributed by atoms with Crippen molar-refractivity contribution in [3.05, 3.63) is 59.9 Å². The SMILES string of the molecule is CN(Cc1ccccn1)C(=O)C1CSc2ccccc21. The molecule has 102 valence electrons. The minimum Gasteiger partial charge on any atom is -0.339 e. The van der Waals surface area contributed by atoms with E-state index in [9.17, 15) is 4.79 Å². The van der Waals surface area contributed by atoms with E-state index in [4.69, 9.17) is 0 Å². The number of aromatic nitrogens is 1. The molecule has 1 aromatic heterocycles. The van der Waals surface area contributed by atoms with Crippen LogP contribution in [-0.2, 0) is 11.3 Å². The Morgan fingerprint density at radius 2 is 2.10 bits per heavy atom. The van der Waals surface area contributed by atoms with Crippen molar-refractivity contribution >= 4 is 17.7 Å². The van der Waals surface area contributed by atoms with Crippen molar-refractivity contribution in [2.75, 3.05) is 12.8 Å². The maximum atomic E-state index is 12.6. The molecule has 1 unspecified atom stereocenters. The average Bonchev–Trinajstić information content (AvgIpc) is 2.91. The van der Waals surface area contributed by atoms with Gasteiger partial charge in [0.25, 0.3) is 0 Å². The van der Waals surface area contributed by atoms with Crippen molar-refractivity contribution in [2.45, 2.75) is 17.4 Å². The number of thioether (sulfide) groups is 1. The number of carbonyl (C=O) groups excluding carboxylic acids is 1. The third-order valence-electron chi connectivity index (χ3n) is 3.50. The zero-order valence-electron chi connectivity index (χ0n) is 11.3. The highest BCUT2D eigenvalue weighted by Crippen LogP contribution is 2.40. The Labute approximate surface area is 123 Å². The van der Waals surface area contributed by atoms with Crippen LogP contribution in [0, 0.1) is 0 Å². The van der Waals surface area contributed by atoms with E-state index in [2.05, 4.69) is 17.1 Å². The fourth-order valence-electron chi connectivity index (χ4n) is 2.45. The van der Waals surface area contributed by atoms with Crippen molar-refractivity contribution in [1.29, 1.82) is 0 Å². The van der Waals surface area contributed by atoms with Gasteiger partial charge in [-0.2, -0.15) is 0 Å². The summed E-state index contributed by atoms with van der Waals surface area (Å²) in [6.45, 7) is 0.559. The topological polar surface area (TPSA) is 33.2 Å². The summed E-state index contributed by atoms with van der Waals surface area (Å²) < 4.78 is 0. The van der Waals surface area contributed by atoms with Crippen LogP contribution in [0.5, 0.6) is 0 Å². The molecule has 0 saturated heterocycles. The molecular weight excluding hydrogens is 268 g/mol. The summed E-state index contributed by atoms with van der Waals surface area (Å²) in [6, 6.07) is 14.0. The van der Waals surface area contributed by atoms with E-state index in [1.165, 1.54) is 4.90 Å². The molecule has 20 heavy (non-hydrogen) atoms. The second-order valence-corrected chi connectivity index (χ2v) is 5.98. The molecule has 3 nitrogen and oxygen atoms in total. The van der Waals surface area contributed by atoms with Crippen LogP contribution in [0.25, 0.3) is 0 Å². The lowest BCUT2D eigenvalue weighted by Crippen LogP contribution is -2.31. The van der Waals surface area contributed by atoms with Crippen molar-refractivity contribution in [3.63, 3.8) is 0 Å². The van der Waals surface area contributed by atoms with Crippen LogP contribution in [0.15, 0.2) is 53.6 Å². The molecule has 1 atom stereocenters. The summed E-state index contributed by atoms with van der Waals surface area (Å²) in [4.78, 5) is 19.9. The van der Waals surface area contributed by atoms with Crippen LogP contribution < -0.4 is 0 Å². The molecule has 1 aliphatic heterocycles. The van der Waals surface area contributed by atoms with E-state index in [1.54, 1.807) is 22.9 Å². The van der Waals surface area contributed by atoms with Gasteiger partial charge in [0.05, 0.1) is 18.2 Å². The maximum absolute atomic E-state index is 12.6. The lowest BCUT2D eigenvalue weighted by molar-refractivity contribution is -0.131. The lowest BCUT2D eigenvalue weighted by Gasteiger charge is -2.21. The van der Waals surface area contributed by atoms with Crippen LogP contribution in [-0.4, -0.2) is 28.6 Å². The van der Waals surface area contributed by atoms with Crippen molar-refractivity contribution in [3.8, 4) is 0 Å². The molecule has 1 amide bonds. The molecular formula is C16H16N2OS. The van der Waals surface area contributed by atoms with Gasteiger partial charge in [-0.25, -0.2) is 0 Å². The summed E-state index contributed by atoms with van der Waals surface area (Å²) in [6.07, 6.45) is 1.76. The summed E-state index contributed by atoms with van der Waals surface area (Å²) in [5.41, 5.74) is 2.08. The van der Waals surface area contributed by atoms with Gasteiger partial charge in [-0.15, -0.1) is 11.8 Å². The summed E-state index contributed by atoms with van der Waals surface area (Å²) in [7, 11) is 1.85. The third-order valence-corrected chi connectivity index (χ3v) is 4.68. The second-order valence-electron chi connectivity index (χ2n) is 4.92. The van der Waals surface area contributed by atoms with E-state index in [-0.39, 0.29) is 11.8 Å². The molecule has 0 aliphatic carbocycles. The summed E-state index contributed by atoms with van der Waals surface area (Å²) >= 11 is 1.76. The van der Waals surface area contributed by atoms with Gasteiger partial charge in [0, 0.05) is 23.9 Å². The number of hydrogen-bond acceptors (Lipinski definition) is 3. The summed E-state index contributed by atoms with van der Waals surface area (Å²) in [5, 5.41) is 0. The minimum atomic E-state index is -0.0232. The molecule has 4 heteroatoms. The molecule has 1 aliphatic rings. The Bertz CT molecular complexity index is 615. The Kier molecular flexibility index (Phi) is 3.74. The van der Waals surface area contributed by atoms with E-state index < -0.39 is 0 Å². The lowest BCUT2D eigenvalue weighted by atomic mass is 10.00. The van der Waals surface area contributed by atoms with Crippen LogP contribution in [0.1, 0.15) is 17.2 Å². The van der Waals surface area contributed by atoms with Crippen LogP contribution in [0.4, 0.5) is 0 Å². The molecule has 0 spiro atoms. The maximum Gasteiger partial charge on any atom is 0.231 e. The zero-order valence-corrected chi connectivity index (χ0v) is 12.1. The standard InChI is InChI=1S/C16H16N2OS/c1-18(10-12-6-4-5-9-17-12)16(19)14-11-20-15-8-3-2-7-13(14)15/h2-9,14H,10-11H2,1H3. The Balaban J connectivity index is 1.74. The van der Waals surface area contributed by atoms with E-state index in [0.29, 0.717) is 6.54 Å². The molecule has 2 heterocycles. The number of amides is 1. The zero-order chi connectivity index (χ0) is 13.9. The van der Waals surface area contributed by atoms with Gasteiger partial charge in [-0.3, -0.25) is 9.78 Å². The second kappa shape index (κ2) is 5.67. The monoisotopic (exact) mass is 284 g/mol. The quantitative estimate of drug-likeness (QED) is 0.869. The van der Waals surface area contributed by atoms with Gasteiger partial charge < -0.3 is 4.90 Å². The first-order chi connectivity index (χ1) is 9.75. The van der Waals surface area contributed by atoms with Crippen molar-refractivity contribution in [2.24, 2.45) is 0 Å². The van der Waals surface area contributed by atoms with Crippen LogP contribution >= 0.6 is 11.8 Å². The normalized spacial score (nSPS) is 16.8. The predicted octanol–water partition coefficient (Wildman–Crippen LogP) is 2.93. The number of pyridine rings is 1. The number of rotatable bonds is 3. The first kappa shape index (κ1) is 13.2. The van der Waals surface area contributed by atoms with Gasteiger partial charge >= 0.3 is 0 Å². The first-order valence-electron chi connectivity index (χ1n) is 6.62. The van der Waals surface area contributed by atoms with Gasteiger partial charge in [0.1, 0.15) is 0 Å². The Morgan fingerprint density at radius 1 is 1.30 bits per heavy atom. The number of benzene rings is 1. The smallest absolute Gasteiger partial charge is 0.231 e. The van der Waals surface area contributed by atoms with E-state index in [1.807, 2.05) is 37.4 Å². The highest BCUT2D eigenvalue weighted by atomic mass is 32.2. The van der Waals surface area contributed by atoms with E-state index >= 15 is 0 Å². The number of fused-ring (bicyclic) bond motifs is 1. The number of nitrogens with zero attached hydrogens (tertiary/aromatic N) is 2. The molecule has 3 rings (SSSR count). The fraction of sp³-hybridized carbons (Fsp3) is 0.250. The molecule has 0 saturated carbocycles. The van der Waals surface area contributed by atoms with Crippen molar-refractivity contribution in [1.82, 2.24) is 9.88 Å².